The largest absolute Gasteiger partial charge is 0.391 e. The Kier molecular flexibility index (Phi) is 4.35. The molecule has 1 aromatic rings. The van der Waals surface area contributed by atoms with Gasteiger partial charge in [-0.25, -0.2) is 4.98 Å². The van der Waals surface area contributed by atoms with E-state index in [1.807, 2.05) is 6.07 Å². The molecular formula is C10H11Br2N3OS. The van der Waals surface area contributed by atoms with Crippen molar-refractivity contribution in [3.05, 3.63) is 21.2 Å². The Hall–Kier alpha value is -0.240. The predicted molar refractivity (Wildman–Crippen MR) is 78.4 cm³/mol. The fraction of sp³-hybridized carbons (Fsp3) is 0.400. The molecule has 2 heterocycles. The van der Waals surface area contributed by atoms with E-state index in [1.54, 1.807) is 6.20 Å². The van der Waals surface area contributed by atoms with Gasteiger partial charge in [-0.1, -0.05) is 12.2 Å². The fourth-order valence-corrected chi connectivity index (χ4v) is 3.03. The first-order chi connectivity index (χ1) is 8.08. The van der Waals surface area contributed by atoms with Crippen LogP contribution >= 0.6 is 44.1 Å². The van der Waals surface area contributed by atoms with Crippen molar-refractivity contribution in [2.24, 2.45) is 5.73 Å². The Balaban J connectivity index is 2.19. The molecule has 0 aliphatic carbocycles. The van der Waals surface area contributed by atoms with Gasteiger partial charge in [-0.2, -0.15) is 0 Å². The number of hydrogen-bond donors (Lipinski definition) is 1. The first kappa shape index (κ1) is 13.2. The molecule has 0 bridgehead atoms. The van der Waals surface area contributed by atoms with Crippen LogP contribution in [0.15, 0.2) is 21.2 Å². The van der Waals surface area contributed by atoms with Crippen molar-refractivity contribution >= 4 is 54.9 Å². The van der Waals surface area contributed by atoms with E-state index in [9.17, 15) is 0 Å². The van der Waals surface area contributed by atoms with Crippen LogP contribution in [0.2, 0.25) is 0 Å². The standard InChI is InChI=1S/C10H11Br2N3OS/c11-6-3-7(12)10(14-4-6)15-1-2-16-8(5-15)9(13)17/h3-4,8H,1-2,5H2,(H2,13,17). The molecule has 0 saturated carbocycles. The highest BCUT2D eigenvalue weighted by atomic mass is 79.9. The molecule has 4 nitrogen and oxygen atoms in total. The number of ether oxygens (including phenoxy) is 1. The lowest BCUT2D eigenvalue weighted by molar-refractivity contribution is 0.0843. The smallest absolute Gasteiger partial charge is 0.143 e. The van der Waals surface area contributed by atoms with Gasteiger partial charge in [0.15, 0.2) is 0 Å². The van der Waals surface area contributed by atoms with Gasteiger partial charge in [0.25, 0.3) is 0 Å². The number of nitrogens with two attached hydrogens (primary N) is 1. The van der Waals surface area contributed by atoms with Gasteiger partial charge in [-0.05, 0) is 37.9 Å². The summed E-state index contributed by atoms with van der Waals surface area (Å²) in [5.74, 6) is 0.887. The number of nitrogens with zero attached hydrogens (tertiary/aromatic N) is 2. The molecule has 0 amide bonds. The molecular weight excluding hydrogens is 370 g/mol. The van der Waals surface area contributed by atoms with Gasteiger partial charge in [0.1, 0.15) is 16.9 Å². The molecule has 1 fully saturated rings. The molecule has 1 aliphatic heterocycles. The molecule has 1 aromatic heterocycles. The highest BCUT2D eigenvalue weighted by Gasteiger charge is 2.24. The summed E-state index contributed by atoms with van der Waals surface area (Å²) < 4.78 is 7.37. The maximum absolute atomic E-state index is 5.61. The summed E-state index contributed by atoms with van der Waals surface area (Å²) in [6.07, 6.45) is 1.57. The van der Waals surface area contributed by atoms with E-state index < -0.39 is 0 Å². The minimum Gasteiger partial charge on any atom is -0.391 e. The molecule has 1 atom stereocenters. The Morgan fingerprint density at radius 3 is 3.00 bits per heavy atom. The van der Waals surface area contributed by atoms with Crippen LogP contribution in [-0.4, -0.2) is 35.8 Å². The summed E-state index contributed by atoms with van der Waals surface area (Å²) in [5.41, 5.74) is 5.61. The number of pyridine rings is 1. The van der Waals surface area contributed by atoms with Gasteiger partial charge >= 0.3 is 0 Å². The maximum atomic E-state index is 5.61. The van der Waals surface area contributed by atoms with E-state index in [1.165, 1.54) is 0 Å². The third-order valence-corrected chi connectivity index (χ3v) is 3.75. The number of aromatic nitrogens is 1. The van der Waals surface area contributed by atoms with Gasteiger partial charge in [-0.3, -0.25) is 0 Å². The average molecular weight is 381 g/mol. The van der Waals surface area contributed by atoms with Crippen molar-refractivity contribution < 1.29 is 4.74 Å². The number of halogens is 2. The Bertz CT molecular complexity index is 444. The first-order valence-corrected chi connectivity index (χ1v) is 7.04. The highest BCUT2D eigenvalue weighted by molar-refractivity contribution is 9.11. The van der Waals surface area contributed by atoms with Crippen LogP contribution in [0.3, 0.4) is 0 Å². The van der Waals surface area contributed by atoms with Crippen molar-refractivity contribution in [3.63, 3.8) is 0 Å². The molecule has 1 saturated heterocycles. The quantitative estimate of drug-likeness (QED) is 0.796. The third-order valence-electron chi connectivity index (χ3n) is 2.47. The Morgan fingerprint density at radius 2 is 2.35 bits per heavy atom. The second-order valence-corrected chi connectivity index (χ2v) is 5.91. The van der Waals surface area contributed by atoms with Crippen molar-refractivity contribution in [2.75, 3.05) is 24.6 Å². The highest BCUT2D eigenvalue weighted by Crippen LogP contribution is 2.27. The zero-order valence-corrected chi connectivity index (χ0v) is 12.9. The molecule has 0 radical (unpaired) electrons. The summed E-state index contributed by atoms with van der Waals surface area (Å²) in [4.78, 5) is 6.89. The fourth-order valence-electron chi connectivity index (χ4n) is 1.65. The monoisotopic (exact) mass is 379 g/mol. The van der Waals surface area contributed by atoms with Crippen LogP contribution in [0, 0.1) is 0 Å². The second-order valence-electron chi connectivity index (χ2n) is 3.67. The van der Waals surface area contributed by atoms with Crippen LogP contribution < -0.4 is 10.6 Å². The molecule has 0 spiro atoms. The molecule has 1 unspecified atom stereocenters. The topological polar surface area (TPSA) is 51.4 Å². The van der Waals surface area contributed by atoms with Crippen LogP contribution in [-0.2, 0) is 4.74 Å². The predicted octanol–water partition coefficient (Wildman–Crippen LogP) is 2.10. The summed E-state index contributed by atoms with van der Waals surface area (Å²) in [5, 5.41) is 0. The van der Waals surface area contributed by atoms with E-state index in [0.29, 0.717) is 18.1 Å². The van der Waals surface area contributed by atoms with E-state index in [-0.39, 0.29) is 6.10 Å². The van der Waals surface area contributed by atoms with Crippen molar-refractivity contribution in [3.8, 4) is 0 Å². The lowest BCUT2D eigenvalue weighted by atomic mass is 10.2. The Labute approximate surface area is 122 Å². The van der Waals surface area contributed by atoms with Crippen LogP contribution in [0.4, 0.5) is 5.82 Å². The zero-order chi connectivity index (χ0) is 12.4. The number of morpholine rings is 1. The van der Waals surface area contributed by atoms with Crippen molar-refractivity contribution in [1.82, 2.24) is 4.98 Å². The van der Waals surface area contributed by atoms with Gasteiger partial charge in [0, 0.05) is 17.2 Å². The number of rotatable bonds is 2. The molecule has 17 heavy (non-hydrogen) atoms. The molecule has 92 valence electrons. The van der Waals surface area contributed by atoms with E-state index in [0.717, 1.165) is 21.3 Å². The van der Waals surface area contributed by atoms with Crippen LogP contribution in [0.5, 0.6) is 0 Å². The summed E-state index contributed by atoms with van der Waals surface area (Å²) in [6.45, 7) is 2.03. The SMILES string of the molecule is NC(=S)C1CN(c2ncc(Br)cc2Br)CCO1. The van der Waals surface area contributed by atoms with E-state index >= 15 is 0 Å². The first-order valence-electron chi connectivity index (χ1n) is 5.05. The number of hydrogen-bond acceptors (Lipinski definition) is 4. The number of anilines is 1. The van der Waals surface area contributed by atoms with E-state index in [4.69, 9.17) is 22.7 Å². The maximum Gasteiger partial charge on any atom is 0.143 e. The molecule has 7 heteroatoms. The lowest BCUT2D eigenvalue weighted by Crippen LogP contribution is -2.48. The minimum absolute atomic E-state index is 0.198. The lowest BCUT2D eigenvalue weighted by Gasteiger charge is -2.33. The average Bonchev–Trinajstić information content (AvgIpc) is 2.29. The zero-order valence-electron chi connectivity index (χ0n) is 8.90. The summed E-state index contributed by atoms with van der Waals surface area (Å²) in [7, 11) is 0. The van der Waals surface area contributed by atoms with Crippen molar-refractivity contribution in [1.29, 1.82) is 0 Å². The van der Waals surface area contributed by atoms with Crippen molar-refractivity contribution in [2.45, 2.75) is 6.10 Å². The molecule has 2 rings (SSSR count). The number of thiocarbonyl (C=S) groups is 1. The second kappa shape index (κ2) is 5.60. The van der Waals surface area contributed by atoms with Gasteiger partial charge < -0.3 is 15.4 Å². The van der Waals surface area contributed by atoms with Gasteiger partial charge in [0.05, 0.1) is 17.6 Å². The van der Waals surface area contributed by atoms with Gasteiger partial charge in [-0.15, -0.1) is 0 Å². The van der Waals surface area contributed by atoms with Crippen LogP contribution in [0.1, 0.15) is 0 Å². The summed E-state index contributed by atoms with van der Waals surface area (Å²) >= 11 is 11.8. The van der Waals surface area contributed by atoms with Gasteiger partial charge in [0.2, 0.25) is 0 Å². The minimum atomic E-state index is -0.198. The van der Waals surface area contributed by atoms with E-state index in [2.05, 4.69) is 41.7 Å². The van der Waals surface area contributed by atoms with Crippen LogP contribution in [0.25, 0.3) is 0 Å². The normalized spacial score (nSPS) is 20.4. The molecule has 0 aromatic carbocycles. The molecule has 2 N–H and O–H groups in total. The summed E-state index contributed by atoms with van der Waals surface area (Å²) in [6, 6.07) is 1.97. The Morgan fingerprint density at radius 1 is 1.59 bits per heavy atom. The molecule has 1 aliphatic rings. The third kappa shape index (κ3) is 3.15.